The third-order valence-electron chi connectivity index (χ3n) is 12.6. The number of aromatic amines is 1. The highest BCUT2D eigenvalue weighted by Gasteiger charge is 2.35. The molecule has 1 aliphatic heterocycles. The number of hydrogen-bond donors (Lipinski definition) is 3. The second-order valence-electron chi connectivity index (χ2n) is 17.6. The number of fused-ring (bicyclic) bond motifs is 2. The zero-order chi connectivity index (χ0) is 47.5. The highest BCUT2D eigenvalue weighted by atomic mass is 35.5. The summed E-state index contributed by atoms with van der Waals surface area (Å²) in [4.78, 5) is 53.6. The first kappa shape index (κ1) is 48.0. The van der Waals surface area contributed by atoms with Gasteiger partial charge in [0.05, 0.1) is 31.6 Å². The molecule has 13 heteroatoms. The van der Waals surface area contributed by atoms with Crippen LogP contribution in [0.15, 0.2) is 82.8 Å². The third-order valence-corrected chi connectivity index (χ3v) is 15.2. The number of benzene rings is 4. The van der Waals surface area contributed by atoms with Crippen molar-refractivity contribution in [1.82, 2.24) is 20.3 Å². The van der Waals surface area contributed by atoms with Gasteiger partial charge in [-0.25, -0.2) is 20.0 Å². The summed E-state index contributed by atoms with van der Waals surface area (Å²) in [6.45, 7) is 16.7. The SMILES string of the molecule is CCCCC(CC)C(=O)NC1=NC(=Nc2[nH]c(NC(=O)C(CC)CCCC)c(-c3nc4cc(Cl)ccc4s3)c2-c2ccc(C)cc2C)C(c2ccc(C)cc2C)=C1c1nc2cc(Cl)ccc2s1. The van der Waals surface area contributed by atoms with Crippen LogP contribution in [0.4, 0.5) is 11.6 Å². The van der Waals surface area contributed by atoms with Crippen molar-refractivity contribution in [2.75, 3.05) is 5.32 Å². The summed E-state index contributed by atoms with van der Waals surface area (Å²) in [6.07, 6.45) is 6.81. The number of thiazole rings is 2. The number of anilines is 1. The van der Waals surface area contributed by atoms with Gasteiger partial charge in [0.15, 0.2) is 5.84 Å². The molecule has 67 heavy (non-hydrogen) atoms. The van der Waals surface area contributed by atoms with Crippen LogP contribution < -0.4 is 10.6 Å². The van der Waals surface area contributed by atoms with E-state index in [1.165, 1.54) is 22.7 Å². The highest BCUT2D eigenvalue weighted by molar-refractivity contribution is 7.21. The fourth-order valence-electron chi connectivity index (χ4n) is 8.92. The average Bonchev–Trinajstić information content (AvgIpc) is 4.07. The Morgan fingerprint density at radius 1 is 0.657 bits per heavy atom. The van der Waals surface area contributed by atoms with Crippen molar-refractivity contribution in [2.45, 2.75) is 107 Å². The van der Waals surface area contributed by atoms with E-state index in [9.17, 15) is 9.59 Å². The molecule has 0 fully saturated rings. The van der Waals surface area contributed by atoms with Gasteiger partial charge < -0.3 is 15.6 Å². The number of nitrogens with one attached hydrogen (secondary N) is 3. The quantitative estimate of drug-likeness (QED) is 0.0892. The van der Waals surface area contributed by atoms with Crippen LogP contribution in [0.1, 0.15) is 112 Å². The van der Waals surface area contributed by atoms with E-state index in [-0.39, 0.29) is 23.7 Å². The van der Waals surface area contributed by atoms with Crippen LogP contribution in [0.5, 0.6) is 0 Å². The Kier molecular flexibility index (Phi) is 14.9. The molecule has 9 nitrogen and oxygen atoms in total. The molecule has 3 aromatic heterocycles. The molecule has 3 N–H and O–H groups in total. The fraction of sp³-hybridized carbons (Fsp3) is 0.333. The van der Waals surface area contributed by atoms with Gasteiger partial charge in [-0.05, 0) is 112 Å². The fourth-order valence-corrected chi connectivity index (χ4v) is 11.3. The van der Waals surface area contributed by atoms with Gasteiger partial charge in [0.2, 0.25) is 11.8 Å². The maximum atomic E-state index is 14.4. The van der Waals surface area contributed by atoms with E-state index >= 15 is 0 Å². The second kappa shape index (κ2) is 20.8. The van der Waals surface area contributed by atoms with E-state index in [1.807, 2.05) is 36.4 Å². The number of unbranched alkanes of at least 4 members (excludes halogenated alkanes) is 2. The molecular weight excluding hydrogens is 914 g/mol. The van der Waals surface area contributed by atoms with Gasteiger partial charge in [-0.15, -0.1) is 22.7 Å². The topological polar surface area (TPSA) is 124 Å². The summed E-state index contributed by atoms with van der Waals surface area (Å²) >= 11 is 16.1. The first-order chi connectivity index (χ1) is 32.3. The van der Waals surface area contributed by atoms with Crippen LogP contribution in [0.2, 0.25) is 10.0 Å². The zero-order valence-electron chi connectivity index (χ0n) is 39.4. The van der Waals surface area contributed by atoms with Crippen molar-refractivity contribution >= 4 is 113 Å². The number of carbonyl (C=O) groups is 2. The van der Waals surface area contributed by atoms with Gasteiger partial charge >= 0.3 is 0 Å². The maximum absolute atomic E-state index is 14.4. The van der Waals surface area contributed by atoms with Crippen molar-refractivity contribution in [3.63, 3.8) is 0 Å². The molecule has 7 aromatic rings. The van der Waals surface area contributed by atoms with E-state index in [2.05, 4.69) is 107 Å². The minimum Gasteiger partial charge on any atom is -0.325 e. The summed E-state index contributed by atoms with van der Waals surface area (Å²) in [5.41, 5.74) is 10.5. The number of aryl methyl sites for hydroxylation is 4. The normalized spacial score (nSPS) is 14.4. The summed E-state index contributed by atoms with van der Waals surface area (Å²) in [5.74, 6) is 1.20. The molecule has 2 unspecified atom stereocenters. The predicted octanol–water partition coefficient (Wildman–Crippen LogP) is 15.6. The van der Waals surface area contributed by atoms with Gasteiger partial charge in [0, 0.05) is 33.0 Å². The van der Waals surface area contributed by atoms with Crippen molar-refractivity contribution in [3.8, 4) is 21.7 Å². The number of nitrogens with zero attached hydrogens (tertiary/aromatic N) is 4. The molecule has 2 amide bonds. The predicted molar refractivity (Wildman–Crippen MR) is 285 cm³/mol. The number of rotatable bonds is 16. The lowest BCUT2D eigenvalue weighted by molar-refractivity contribution is -0.124. The summed E-state index contributed by atoms with van der Waals surface area (Å²) < 4.78 is 1.91. The van der Waals surface area contributed by atoms with Gasteiger partial charge in [-0.2, -0.15) is 0 Å². The Balaban J connectivity index is 1.44. The minimum atomic E-state index is -0.204. The summed E-state index contributed by atoms with van der Waals surface area (Å²) in [7, 11) is 0. The van der Waals surface area contributed by atoms with Gasteiger partial charge in [0.25, 0.3) is 0 Å². The molecule has 0 saturated heterocycles. The number of amides is 2. The molecule has 0 aliphatic carbocycles. The Bertz CT molecular complexity index is 3120. The van der Waals surface area contributed by atoms with Crippen LogP contribution in [0.25, 0.3) is 53.3 Å². The Morgan fingerprint density at radius 3 is 1.75 bits per heavy atom. The Labute approximate surface area is 411 Å². The van der Waals surface area contributed by atoms with Gasteiger partial charge in [-0.1, -0.05) is 124 Å². The van der Waals surface area contributed by atoms with E-state index in [0.29, 0.717) is 61.8 Å². The van der Waals surface area contributed by atoms with Crippen molar-refractivity contribution in [3.05, 3.63) is 116 Å². The number of hydrogen-bond acceptors (Lipinski definition) is 7. The van der Waals surface area contributed by atoms with Crippen LogP contribution in [0, 0.1) is 39.5 Å². The van der Waals surface area contributed by atoms with Crippen LogP contribution in [-0.4, -0.2) is 38.4 Å². The zero-order valence-corrected chi connectivity index (χ0v) is 42.6. The van der Waals surface area contributed by atoms with Crippen LogP contribution >= 0.6 is 45.9 Å². The first-order valence-electron chi connectivity index (χ1n) is 23.4. The standard InChI is InChI=1S/C54H57Cl2N7O2S2/c1-9-13-15-33(11-3)51(64)62-49-45(53-57-39-27-35(55)19-23-41(39)66-53)43(37-21-17-29(5)25-31(37)7)47(60-49)59-48-44(38-22-18-30(6)26-32(38)8)46(54-58-40-28-36(56)20-24-42(40)67-54)50(61-48)63-52(65)34(12-4)16-14-10-2/h17-28,33-34,60H,9-16H2,1-8H3,(H,62,64)(H,59,61,63,65). The van der Waals surface area contributed by atoms with Crippen molar-refractivity contribution < 1.29 is 9.59 Å². The molecule has 0 spiro atoms. The van der Waals surface area contributed by atoms with E-state index in [4.69, 9.17) is 43.2 Å². The summed E-state index contributed by atoms with van der Waals surface area (Å²) in [6, 6.07) is 24.1. The molecule has 346 valence electrons. The molecule has 0 saturated carbocycles. The Hall–Kier alpha value is -5.46. The molecule has 2 atom stereocenters. The minimum absolute atomic E-state index is 0.0690. The van der Waals surface area contributed by atoms with E-state index < -0.39 is 0 Å². The number of amidine groups is 2. The lowest BCUT2D eigenvalue weighted by Gasteiger charge is -2.16. The number of aromatic nitrogens is 3. The van der Waals surface area contributed by atoms with Crippen LogP contribution in [-0.2, 0) is 9.59 Å². The molecule has 4 aromatic carbocycles. The lowest BCUT2D eigenvalue weighted by Crippen LogP contribution is -2.35. The largest absolute Gasteiger partial charge is 0.325 e. The molecule has 0 radical (unpaired) electrons. The number of halogens is 2. The molecule has 8 rings (SSSR count). The number of H-pyrrole nitrogens is 1. The van der Waals surface area contributed by atoms with E-state index in [0.717, 1.165) is 109 Å². The monoisotopic (exact) mass is 969 g/mol. The molecular formula is C54H57Cl2N7O2S2. The number of aliphatic imine (C=N–C) groups is 2. The summed E-state index contributed by atoms with van der Waals surface area (Å²) in [5, 5.41) is 9.20. The maximum Gasteiger partial charge on any atom is 0.228 e. The van der Waals surface area contributed by atoms with E-state index in [1.54, 1.807) is 0 Å². The van der Waals surface area contributed by atoms with Gasteiger partial charge in [0.1, 0.15) is 27.5 Å². The second-order valence-corrected chi connectivity index (χ2v) is 20.6. The Morgan fingerprint density at radius 2 is 1.19 bits per heavy atom. The first-order valence-corrected chi connectivity index (χ1v) is 25.8. The van der Waals surface area contributed by atoms with Crippen molar-refractivity contribution in [2.24, 2.45) is 21.8 Å². The average molecular weight is 971 g/mol. The smallest absolute Gasteiger partial charge is 0.228 e. The molecule has 4 heterocycles. The van der Waals surface area contributed by atoms with Crippen LogP contribution in [0.3, 0.4) is 0 Å². The molecule has 1 aliphatic rings. The third kappa shape index (κ3) is 10.2. The number of carbonyl (C=O) groups excluding carboxylic acids is 2. The lowest BCUT2D eigenvalue weighted by atomic mass is 9.94. The van der Waals surface area contributed by atoms with Crippen molar-refractivity contribution in [1.29, 1.82) is 0 Å². The van der Waals surface area contributed by atoms with Gasteiger partial charge in [-0.3, -0.25) is 9.59 Å². The highest BCUT2D eigenvalue weighted by Crippen LogP contribution is 2.49. The molecule has 0 bridgehead atoms.